The first-order valence-electron chi connectivity index (χ1n) is 6.19. The third-order valence-corrected chi connectivity index (χ3v) is 3.17. The molecule has 0 fully saturated rings. The van der Waals surface area contributed by atoms with Crippen molar-refractivity contribution < 1.29 is 26.3 Å². The van der Waals surface area contributed by atoms with Crippen LogP contribution in [0.2, 0.25) is 0 Å². The molecule has 0 spiro atoms. The number of alkyl halides is 6. The Kier molecular flexibility index (Phi) is 5.71. The summed E-state index contributed by atoms with van der Waals surface area (Å²) in [6, 6.07) is 7.49. The second-order valence-corrected chi connectivity index (χ2v) is 4.72. The van der Waals surface area contributed by atoms with Crippen molar-refractivity contribution in [2.45, 2.75) is 18.4 Å². The molecule has 2 aromatic carbocycles. The van der Waals surface area contributed by atoms with Crippen LogP contribution in [-0.2, 0) is 12.4 Å². The molecule has 8 heteroatoms. The van der Waals surface area contributed by atoms with E-state index in [0.29, 0.717) is 5.56 Å². The van der Waals surface area contributed by atoms with E-state index in [1.807, 2.05) is 0 Å². The Balaban J connectivity index is 0.00000264. The monoisotopic (exact) mass is 355 g/mol. The van der Waals surface area contributed by atoms with Gasteiger partial charge in [-0.05, 0) is 35.4 Å². The lowest BCUT2D eigenvalue weighted by Gasteiger charge is -2.16. The summed E-state index contributed by atoms with van der Waals surface area (Å²) < 4.78 is 75.4. The van der Waals surface area contributed by atoms with E-state index in [9.17, 15) is 26.3 Å². The highest BCUT2D eigenvalue weighted by molar-refractivity contribution is 5.85. The summed E-state index contributed by atoms with van der Waals surface area (Å²) in [5.41, 5.74) is 4.62. The van der Waals surface area contributed by atoms with Crippen molar-refractivity contribution in [2.24, 2.45) is 5.73 Å². The summed E-state index contributed by atoms with van der Waals surface area (Å²) in [7, 11) is 0. The summed E-state index contributed by atoms with van der Waals surface area (Å²) in [5, 5.41) is 0. The van der Waals surface area contributed by atoms with E-state index in [0.717, 1.165) is 36.4 Å². The van der Waals surface area contributed by atoms with E-state index in [4.69, 9.17) is 5.73 Å². The van der Waals surface area contributed by atoms with Crippen LogP contribution in [0.15, 0.2) is 48.5 Å². The van der Waals surface area contributed by atoms with Crippen molar-refractivity contribution in [2.75, 3.05) is 0 Å². The van der Waals surface area contributed by atoms with Gasteiger partial charge >= 0.3 is 12.4 Å². The van der Waals surface area contributed by atoms with Gasteiger partial charge in [-0.15, -0.1) is 12.4 Å². The van der Waals surface area contributed by atoms with Crippen molar-refractivity contribution >= 4 is 12.4 Å². The average Bonchev–Trinajstić information content (AvgIpc) is 2.45. The largest absolute Gasteiger partial charge is 0.416 e. The normalized spacial score (nSPS) is 13.3. The minimum absolute atomic E-state index is 0. The molecule has 1 nitrogen and oxygen atoms in total. The summed E-state index contributed by atoms with van der Waals surface area (Å²) >= 11 is 0. The third-order valence-electron chi connectivity index (χ3n) is 3.17. The molecule has 0 heterocycles. The van der Waals surface area contributed by atoms with Crippen LogP contribution in [0.4, 0.5) is 26.3 Å². The number of rotatable bonds is 2. The Morgan fingerprint density at radius 3 is 1.70 bits per heavy atom. The van der Waals surface area contributed by atoms with Crippen LogP contribution in [0.5, 0.6) is 0 Å². The number of hydrogen-bond donors (Lipinski definition) is 1. The standard InChI is InChI=1S/C15H11F6N.ClH/c16-14(17,18)11-6-4-9(5-7-11)13(22)10-2-1-3-12(8-10)15(19,20)21;/h1-8,13H,22H2;1H/t13-;/m0./s1. The van der Waals surface area contributed by atoms with Gasteiger partial charge in [0.2, 0.25) is 0 Å². The molecule has 0 unspecified atom stereocenters. The minimum Gasteiger partial charge on any atom is -0.320 e. The van der Waals surface area contributed by atoms with Gasteiger partial charge in [-0.1, -0.05) is 24.3 Å². The predicted molar refractivity (Wildman–Crippen MR) is 76.2 cm³/mol. The molecule has 2 N–H and O–H groups in total. The average molecular weight is 356 g/mol. The van der Waals surface area contributed by atoms with E-state index in [1.165, 1.54) is 12.1 Å². The molecule has 0 saturated carbocycles. The highest BCUT2D eigenvalue weighted by atomic mass is 35.5. The Morgan fingerprint density at radius 1 is 0.696 bits per heavy atom. The first-order chi connectivity index (χ1) is 10.1. The Labute approximate surface area is 134 Å². The second kappa shape index (κ2) is 6.80. The van der Waals surface area contributed by atoms with Gasteiger partial charge in [0.1, 0.15) is 0 Å². The zero-order valence-electron chi connectivity index (χ0n) is 11.4. The zero-order valence-corrected chi connectivity index (χ0v) is 12.3. The van der Waals surface area contributed by atoms with Crippen LogP contribution in [0.1, 0.15) is 28.3 Å². The third kappa shape index (κ3) is 4.62. The van der Waals surface area contributed by atoms with Gasteiger partial charge in [-0.25, -0.2) is 0 Å². The molecule has 0 amide bonds. The predicted octanol–water partition coefficient (Wildman–Crippen LogP) is 5.19. The van der Waals surface area contributed by atoms with E-state index < -0.39 is 29.5 Å². The SMILES string of the molecule is Cl.N[C@@H](c1ccc(C(F)(F)F)cc1)c1cccc(C(F)(F)F)c1. The van der Waals surface area contributed by atoms with Crippen LogP contribution in [0.25, 0.3) is 0 Å². The number of halogens is 7. The molecule has 0 aliphatic rings. The second-order valence-electron chi connectivity index (χ2n) is 4.72. The van der Waals surface area contributed by atoms with Gasteiger partial charge in [0.05, 0.1) is 17.2 Å². The van der Waals surface area contributed by atoms with Crippen molar-refractivity contribution in [3.8, 4) is 0 Å². The smallest absolute Gasteiger partial charge is 0.320 e. The van der Waals surface area contributed by atoms with E-state index in [1.54, 1.807) is 0 Å². The van der Waals surface area contributed by atoms with Crippen molar-refractivity contribution in [1.29, 1.82) is 0 Å². The fourth-order valence-electron chi connectivity index (χ4n) is 1.98. The van der Waals surface area contributed by atoms with Gasteiger partial charge in [-0.3, -0.25) is 0 Å². The lowest BCUT2D eigenvalue weighted by Crippen LogP contribution is -2.14. The van der Waals surface area contributed by atoms with Gasteiger partial charge in [0.25, 0.3) is 0 Å². The van der Waals surface area contributed by atoms with Crippen LogP contribution >= 0.6 is 12.4 Å². The van der Waals surface area contributed by atoms with Gasteiger partial charge in [0, 0.05) is 0 Å². The maximum atomic E-state index is 12.7. The van der Waals surface area contributed by atoms with Crippen LogP contribution in [-0.4, -0.2) is 0 Å². The lowest BCUT2D eigenvalue weighted by atomic mass is 9.97. The van der Waals surface area contributed by atoms with Crippen LogP contribution in [0, 0.1) is 0 Å². The Hall–Kier alpha value is -1.73. The summed E-state index contributed by atoms with van der Waals surface area (Å²) in [6.07, 6.45) is -8.98. The molecule has 2 rings (SSSR count). The number of benzene rings is 2. The quantitative estimate of drug-likeness (QED) is 0.737. The minimum atomic E-state index is -4.50. The fraction of sp³-hybridized carbons (Fsp3) is 0.200. The summed E-state index contributed by atoms with van der Waals surface area (Å²) in [5.74, 6) is 0. The van der Waals surface area contributed by atoms with Crippen LogP contribution in [0.3, 0.4) is 0 Å². The molecular weight excluding hydrogens is 344 g/mol. The first kappa shape index (κ1) is 19.3. The molecule has 0 saturated heterocycles. The highest BCUT2D eigenvalue weighted by Gasteiger charge is 2.31. The topological polar surface area (TPSA) is 26.0 Å². The molecule has 0 aliphatic carbocycles. The summed E-state index contributed by atoms with van der Waals surface area (Å²) in [4.78, 5) is 0. The van der Waals surface area contributed by atoms with Crippen LogP contribution < -0.4 is 5.73 Å². The van der Waals surface area contributed by atoms with Crippen molar-refractivity contribution in [3.05, 3.63) is 70.8 Å². The highest BCUT2D eigenvalue weighted by Crippen LogP contribution is 2.33. The first-order valence-corrected chi connectivity index (χ1v) is 6.19. The van der Waals surface area contributed by atoms with Gasteiger partial charge in [0.15, 0.2) is 0 Å². The molecule has 23 heavy (non-hydrogen) atoms. The van der Waals surface area contributed by atoms with E-state index in [2.05, 4.69) is 0 Å². The molecule has 0 radical (unpaired) electrons. The molecular formula is C15H12ClF6N. The molecule has 126 valence electrons. The molecule has 0 aromatic heterocycles. The number of nitrogens with two attached hydrogens (primary N) is 1. The Morgan fingerprint density at radius 2 is 1.22 bits per heavy atom. The van der Waals surface area contributed by atoms with Crippen molar-refractivity contribution in [1.82, 2.24) is 0 Å². The molecule has 1 atom stereocenters. The maximum absolute atomic E-state index is 12.7. The molecule has 0 bridgehead atoms. The zero-order chi connectivity index (χ0) is 16.5. The van der Waals surface area contributed by atoms with Gasteiger partial charge in [-0.2, -0.15) is 26.3 Å². The molecule has 2 aromatic rings. The van der Waals surface area contributed by atoms with Crippen molar-refractivity contribution in [3.63, 3.8) is 0 Å². The maximum Gasteiger partial charge on any atom is 0.416 e. The van der Waals surface area contributed by atoms with Gasteiger partial charge < -0.3 is 5.73 Å². The summed E-state index contributed by atoms with van der Waals surface area (Å²) in [6.45, 7) is 0. The van der Waals surface area contributed by atoms with E-state index in [-0.39, 0.29) is 18.0 Å². The number of hydrogen-bond acceptors (Lipinski definition) is 1. The molecule has 0 aliphatic heterocycles. The fourth-order valence-corrected chi connectivity index (χ4v) is 1.98. The Bertz CT molecular complexity index is 648. The van der Waals surface area contributed by atoms with E-state index >= 15 is 0 Å². The lowest BCUT2D eigenvalue weighted by molar-refractivity contribution is -0.138.